The third-order valence-corrected chi connectivity index (χ3v) is 4.26. The van der Waals surface area contributed by atoms with Crippen LogP contribution in [-0.4, -0.2) is 27.7 Å². The Morgan fingerprint density at radius 3 is 2.62 bits per heavy atom. The Bertz CT molecular complexity index is 908. The second kappa shape index (κ2) is 7.96. The van der Waals surface area contributed by atoms with Crippen LogP contribution < -0.4 is 10.6 Å². The van der Waals surface area contributed by atoms with Crippen LogP contribution in [-0.2, 0) is 11.3 Å². The summed E-state index contributed by atoms with van der Waals surface area (Å²) in [7, 11) is 0. The van der Waals surface area contributed by atoms with Crippen LogP contribution in [0.1, 0.15) is 5.56 Å². The lowest BCUT2D eigenvalue weighted by molar-refractivity contribution is -0.117. The van der Waals surface area contributed by atoms with Gasteiger partial charge in [0.15, 0.2) is 16.8 Å². The smallest absolute Gasteiger partial charge is 0.321 e. The quantitative estimate of drug-likeness (QED) is 0.598. The Balaban J connectivity index is 1.48. The summed E-state index contributed by atoms with van der Waals surface area (Å²) in [5, 5.41) is 5.10. The van der Waals surface area contributed by atoms with Crippen LogP contribution in [0.3, 0.4) is 0 Å². The molecule has 0 aliphatic rings. The van der Waals surface area contributed by atoms with E-state index in [-0.39, 0.29) is 11.3 Å². The van der Waals surface area contributed by atoms with Gasteiger partial charge in [-0.15, -0.1) is 0 Å². The van der Waals surface area contributed by atoms with Crippen molar-refractivity contribution in [2.45, 2.75) is 11.7 Å². The molecule has 0 fully saturated rings. The van der Waals surface area contributed by atoms with Crippen LogP contribution in [0.25, 0.3) is 11.0 Å². The van der Waals surface area contributed by atoms with Gasteiger partial charge in [-0.1, -0.05) is 42.1 Å². The van der Waals surface area contributed by atoms with E-state index in [1.165, 1.54) is 0 Å². The Morgan fingerprint density at radius 2 is 1.85 bits per heavy atom. The van der Waals surface area contributed by atoms with Crippen molar-refractivity contribution in [1.82, 2.24) is 20.6 Å². The van der Waals surface area contributed by atoms with Gasteiger partial charge < -0.3 is 10.3 Å². The highest BCUT2D eigenvalue weighted by Crippen LogP contribution is 2.21. The van der Waals surface area contributed by atoms with E-state index in [9.17, 15) is 18.4 Å². The second-order valence-electron chi connectivity index (χ2n) is 5.33. The van der Waals surface area contributed by atoms with Gasteiger partial charge in [0, 0.05) is 18.7 Å². The SMILES string of the molecule is O=C(CSc1nc2cc(F)c(F)cc2[nH]1)NC(=O)NCc1ccccc1. The summed E-state index contributed by atoms with van der Waals surface area (Å²) in [5.74, 6) is -2.57. The molecule has 0 unspecified atom stereocenters. The number of fused-ring (bicyclic) bond motifs is 1. The first kappa shape index (κ1) is 17.9. The predicted octanol–water partition coefficient (Wildman–Crippen LogP) is 2.96. The third kappa shape index (κ3) is 4.57. The van der Waals surface area contributed by atoms with Crippen LogP contribution in [0.2, 0.25) is 0 Å². The number of thioether (sulfide) groups is 1. The van der Waals surface area contributed by atoms with Crippen molar-refractivity contribution in [3.05, 3.63) is 59.7 Å². The minimum absolute atomic E-state index is 0.0798. The maximum Gasteiger partial charge on any atom is 0.321 e. The van der Waals surface area contributed by atoms with Crippen LogP contribution in [0.5, 0.6) is 0 Å². The maximum atomic E-state index is 13.2. The van der Waals surface area contributed by atoms with E-state index in [0.717, 1.165) is 29.5 Å². The van der Waals surface area contributed by atoms with E-state index < -0.39 is 23.6 Å². The van der Waals surface area contributed by atoms with Crippen LogP contribution in [0.15, 0.2) is 47.6 Å². The van der Waals surface area contributed by atoms with Gasteiger partial charge in [0.05, 0.1) is 16.8 Å². The number of urea groups is 1. The fourth-order valence-corrected chi connectivity index (χ4v) is 2.85. The fourth-order valence-electron chi connectivity index (χ4n) is 2.17. The fraction of sp³-hybridized carbons (Fsp3) is 0.118. The van der Waals surface area contributed by atoms with Gasteiger partial charge in [0.1, 0.15) is 0 Å². The molecule has 0 aliphatic carbocycles. The van der Waals surface area contributed by atoms with E-state index >= 15 is 0 Å². The number of aromatic amines is 1. The lowest BCUT2D eigenvalue weighted by Crippen LogP contribution is -2.39. The molecule has 0 radical (unpaired) electrons. The number of imide groups is 1. The predicted molar refractivity (Wildman–Crippen MR) is 93.6 cm³/mol. The molecule has 0 spiro atoms. The van der Waals surface area contributed by atoms with E-state index in [4.69, 9.17) is 0 Å². The lowest BCUT2D eigenvalue weighted by atomic mass is 10.2. The number of nitrogens with one attached hydrogen (secondary N) is 3. The van der Waals surface area contributed by atoms with Gasteiger partial charge in [-0.2, -0.15) is 0 Å². The second-order valence-corrected chi connectivity index (χ2v) is 6.29. The summed E-state index contributed by atoms with van der Waals surface area (Å²) < 4.78 is 26.3. The zero-order chi connectivity index (χ0) is 18.5. The van der Waals surface area contributed by atoms with Gasteiger partial charge >= 0.3 is 6.03 Å². The van der Waals surface area contributed by atoms with Crippen LogP contribution in [0, 0.1) is 11.6 Å². The Kier molecular flexibility index (Phi) is 5.47. The molecule has 134 valence electrons. The molecular weight excluding hydrogens is 362 g/mol. The molecule has 0 saturated heterocycles. The van der Waals surface area contributed by atoms with Gasteiger partial charge in [0.25, 0.3) is 0 Å². The molecule has 3 aromatic rings. The number of hydrogen-bond donors (Lipinski definition) is 3. The number of amides is 3. The zero-order valence-corrected chi connectivity index (χ0v) is 14.2. The van der Waals surface area contributed by atoms with Crippen molar-refractivity contribution in [1.29, 1.82) is 0 Å². The van der Waals surface area contributed by atoms with Gasteiger partial charge in [0.2, 0.25) is 5.91 Å². The lowest BCUT2D eigenvalue weighted by Gasteiger charge is -2.06. The first-order valence-corrected chi connectivity index (χ1v) is 8.59. The van der Waals surface area contributed by atoms with Gasteiger partial charge in [-0.3, -0.25) is 10.1 Å². The summed E-state index contributed by atoms with van der Waals surface area (Å²) in [6, 6.07) is 10.6. The first-order chi connectivity index (χ1) is 12.5. The summed E-state index contributed by atoms with van der Waals surface area (Å²) in [5.41, 5.74) is 1.49. The van der Waals surface area contributed by atoms with Gasteiger partial charge in [-0.25, -0.2) is 18.6 Å². The molecule has 2 aromatic carbocycles. The molecule has 9 heteroatoms. The summed E-state index contributed by atoms with van der Waals surface area (Å²) in [6.07, 6.45) is 0. The number of rotatable bonds is 5. The van der Waals surface area contributed by atoms with Crippen LogP contribution in [0.4, 0.5) is 13.6 Å². The number of carbonyl (C=O) groups is 2. The molecule has 1 heterocycles. The highest BCUT2D eigenvalue weighted by molar-refractivity contribution is 7.99. The minimum atomic E-state index is -0.992. The summed E-state index contributed by atoms with van der Waals surface area (Å²) >= 11 is 1.02. The average molecular weight is 376 g/mol. The normalized spacial score (nSPS) is 10.7. The third-order valence-electron chi connectivity index (χ3n) is 3.39. The maximum absolute atomic E-state index is 13.2. The number of hydrogen-bond acceptors (Lipinski definition) is 4. The molecule has 0 bridgehead atoms. The number of H-pyrrole nitrogens is 1. The molecule has 0 aliphatic heterocycles. The molecule has 3 amide bonds. The monoisotopic (exact) mass is 376 g/mol. The molecule has 0 saturated carbocycles. The van der Waals surface area contributed by atoms with Crippen molar-refractivity contribution in [3.63, 3.8) is 0 Å². The van der Waals surface area contributed by atoms with E-state index in [1.807, 2.05) is 30.3 Å². The Morgan fingerprint density at radius 1 is 1.12 bits per heavy atom. The number of halogens is 2. The number of aromatic nitrogens is 2. The highest BCUT2D eigenvalue weighted by Gasteiger charge is 2.12. The Hall–Kier alpha value is -2.94. The summed E-state index contributed by atoms with van der Waals surface area (Å²) in [4.78, 5) is 30.3. The van der Waals surface area contributed by atoms with Crippen molar-refractivity contribution < 1.29 is 18.4 Å². The average Bonchev–Trinajstić information content (AvgIpc) is 3.01. The van der Waals surface area contributed by atoms with Gasteiger partial charge in [-0.05, 0) is 5.56 Å². The Labute approximate surface area is 151 Å². The highest BCUT2D eigenvalue weighted by atomic mass is 32.2. The standard InChI is InChI=1S/C17H14F2N4O2S/c18-11-6-13-14(7-12(11)19)22-17(21-13)26-9-15(24)23-16(25)20-8-10-4-2-1-3-5-10/h1-7H,8-9H2,(H,21,22)(H2,20,23,24,25). The molecule has 3 N–H and O–H groups in total. The number of nitrogens with zero attached hydrogens (tertiary/aromatic N) is 1. The minimum Gasteiger partial charge on any atom is -0.334 e. The van der Waals surface area contributed by atoms with Crippen molar-refractivity contribution in [2.24, 2.45) is 0 Å². The largest absolute Gasteiger partial charge is 0.334 e. The molecule has 1 aromatic heterocycles. The zero-order valence-electron chi connectivity index (χ0n) is 13.4. The van der Waals surface area contributed by atoms with Crippen molar-refractivity contribution in [2.75, 3.05) is 5.75 Å². The first-order valence-electron chi connectivity index (χ1n) is 7.60. The molecule has 3 rings (SSSR count). The molecule has 26 heavy (non-hydrogen) atoms. The van der Waals surface area contributed by atoms with E-state index in [1.54, 1.807) is 0 Å². The molecular formula is C17H14F2N4O2S. The summed E-state index contributed by atoms with van der Waals surface area (Å²) in [6.45, 7) is 0.299. The van der Waals surface area contributed by atoms with Crippen molar-refractivity contribution >= 4 is 34.7 Å². The number of benzene rings is 2. The molecule has 6 nitrogen and oxygen atoms in total. The van der Waals surface area contributed by atoms with E-state index in [2.05, 4.69) is 20.6 Å². The molecule has 0 atom stereocenters. The van der Waals surface area contributed by atoms with Crippen molar-refractivity contribution in [3.8, 4) is 0 Å². The number of imidazole rings is 1. The van der Waals surface area contributed by atoms with Crippen LogP contribution >= 0.6 is 11.8 Å². The number of carbonyl (C=O) groups excluding carboxylic acids is 2. The van der Waals surface area contributed by atoms with E-state index in [0.29, 0.717) is 17.2 Å². The topological polar surface area (TPSA) is 86.9 Å².